The van der Waals surface area contributed by atoms with E-state index < -0.39 is 0 Å². The lowest BCUT2D eigenvalue weighted by Crippen LogP contribution is -2.28. The first-order chi connectivity index (χ1) is 11.8. The van der Waals surface area contributed by atoms with Gasteiger partial charge in [0, 0.05) is 12.7 Å². The van der Waals surface area contributed by atoms with Crippen molar-refractivity contribution in [1.82, 2.24) is 10.3 Å². The molecule has 0 spiro atoms. The van der Waals surface area contributed by atoms with Crippen molar-refractivity contribution in [3.63, 3.8) is 0 Å². The molecule has 1 aromatic carbocycles. The summed E-state index contributed by atoms with van der Waals surface area (Å²) in [5.41, 5.74) is 3.07. The Kier molecular flexibility index (Phi) is 5.39. The van der Waals surface area contributed by atoms with E-state index >= 15 is 0 Å². The van der Waals surface area contributed by atoms with Crippen molar-refractivity contribution in [3.05, 3.63) is 77.3 Å². The van der Waals surface area contributed by atoms with Crippen LogP contribution < -0.4 is 5.32 Å². The van der Waals surface area contributed by atoms with Crippen molar-refractivity contribution >= 4 is 17.2 Å². The minimum atomic E-state index is -0.107. The van der Waals surface area contributed by atoms with E-state index in [1.54, 1.807) is 17.5 Å². The van der Waals surface area contributed by atoms with Gasteiger partial charge in [0.25, 0.3) is 0 Å². The molecule has 0 aliphatic rings. The fourth-order valence-corrected chi connectivity index (χ4v) is 3.41. The molecule has 1 atom stereocenters. The summed E-state index contributed by atoms with van der Waals surface area (Å²) in [5, 5.41) is 5.10. The summed E-state index contributed by atoms with van der Waals surface area (Å²) < 4.78 is 0. The first kappa shape index (κ1) is 16.4. The van der Waals surface area contributed by atoms with E-state index in [0.717, 1.165) is 28.1 Å². The van der Waals surface area contributed by atoms with Crippen molar-refractivity contribution in [1.29, 1.82) is 0 Å². The molecule has 0 saturated carbocycles. The average molecular weight is 336 g/mol. The van der Waals surface area contributed by atoms with Gasteiger partial charge in [-0.05, 0) is 41.1 Å². The molecule has 3 aromatic rings. The Hall–Kier alpha value is -2.46. The van der Waals surface area contributed by atoms with Gasteiger partial charge in [0.1, 0.15) is 0 Å². The van der Waals surface area contributed by atoms with Gasteiger partial charge in [0.05, 0.1) is 16.5 Å². The maximum absolute atomic E-state index is 12.5. The van der Waals surface area contributed by atoms with Crippen LogP contribution in [0.5, 0.6) is 0 Å². The fraction of sp³-hybridized carbons (Fsp3) is 0.200. The standard InChI is InChI=1S/C20H20N2OS/c1-2-17(16-7-4-3-5-8-16)20(23)22-14-15-10-11-21-18(13-15)19-9-6-12-24-19/h3-13,17H,2,14H2,1H3,(H,22,23)/t17-/m0/s1. The summed E-state index contributed by atoms with van der Waals surface area (Å²) in [6.07, 6.45) is 2.58. The van der Waals surface area contributed by atoms with Crippen molar-refractivity contribution in [3.8, 4) is 10.6 Å². The molecular formula is C20H20N2OS. The average Bonchev–Trinajstić information content (AvgIpc) is 3.16. The van der Waals surface area contributed by atoms with Gasteiger partial charge in [0.2, 0.25) is 5.91 Å². The zero-order valence-electron chi connectivity index (χ0n) is 13.6. The summed E-state index contributed by atoms with van der Waals surface area (Å²) in [5.74, 6) is -0.0389. The zero-order chi connectivity index (χ0) is 16.8. The maximum atomic E-state index is 12.5. The summed E-state index contributed by atoms with van der Waals surface area (Å²) in [6, 6.07) is 18.0. The van der Waals surface area contributed by atoms with E-state index in [2.05, 4.69) is 16.4 Å². The number of pyridine rings is 1. The zero-order valence-corrected chi connectivity index (χ0v) is 14.4. The van der Waals surface area contributed by atoms with Crippen molar-refractivity contribution in [2.45, 2.75) is 25.8 Å². The molecule has 2 heterocycles. The SMILES string of the molecule is CC[C@H](C(=O)NCc1ccnc(-c2cccs2)c1)c1ccccc1. The smallest absolute Gasteiger partial charge is 0.227 e. The number of thiophene rings is 1. The lowest BCUT2D eigenvalue weighted by atomic mass is 9.95. The molecule has 3 rings (SSSR count). The number of rotatable bonds is 6. The Labute approximate surface area is 146 Å². The predicted octanol–water partition coefficient (Wildman–Crippen LogP) is 4.62. The second kappa shape index (κ2) is 7.88. The van der Waals surface area contributed by atoms with E-state index in [1.165, 1.54) is 0 Å². The van der Waals surface area contributed by atoms with Gasteiger partial charge in [-0.25, -0.2) is 0 Å². The van der Waals surface area contributed by atoms with Gasteiger partial charge in [-0.1, -0.05) is 43.3 Å². The number of benzene rings is 1. The highest BCUT2D eigenvalue weighted by Crippen LogP contribution is 2.23. The molecule has 0 unspecified atom stereocenters. The minimum absolute atomic E-state index is 0.0678. The number of amides is 1. The second-order valence-electron chi connectivity index (χ2n) is 5.62. The van der Waals surface area contributed by atoms with Crippen LogP contribution in [0.3, 0.4) is 0 Å². The summed E-state index contributed by atoms with van der Waals surface area (Å²) in [7, 11) is 0. The number of carbonyl (C=O) groups is 1. The Morgan fingerprint density at radius 3 is 2.71 bits per heavy atom. The van der Waals surface area contributed by atoms with Crippen LogP contribution in [0.2, 0.25) is 0 Å². The first-order valence-electron chi connectivity index (χ1n) is 8.09. The lowest BCUT2D eigenvalue weighted by Gasteiger charge is -2.15. The van der Waals surface area contributed by atoms with Crippen molar-refractivity contribution in [2.24, 2.45) is 0 Å². The van der Waals surface area contributed by atoms with E-state index in [1.807, 2.05) is 60.8 Å². The Morgan fingerprint density at radius 2 is 2.00 bits per heavy atom. The molecule has 2 aromatic heterocycles. The third kappa shape index (κ3) is 3.89. The molecule has 0 saturated heterocycles. The number of hydrogen-bond acceptors (Lipinski definition) is 3. The van der Waals surface area contributed by atoms with Gasteiger partial charge >= 0.3 is 0 Å². The van der Waals surface area contributed by atoms with Crippen LogP contribution in [-0.2, 0) is 11.3 Å². The molecule has 24 heavy (non-hydrogen) atoms. The molecule has 1 N–H and O–H groups in total. The second-order valence-corrected chi connectivity index (χ2v) is 6.56. The monoisotopic (exact) mass is 336 g/mol. The van der Waals surface area contributed by atoms with Crippen LogP contribution in [0, 0.1) is 0 Å². The van der Waals surface area contributed by atoms with Gasteiger partial charge < -0.3 is 5.32 Å². The highest BCUT2D eigenvalue weighted by molar-refractivity contribution is 7.13. The third-order valence-corrected chi connectivity index (χ3v) is 4.88. The van der Waals surface area contributed by atoms with Gasteiger partial charge in [-0.15, -0.1) is 11.3 Å². The Balaban J connectivity index is 1.67. The summed E-state index contributed by atoms with van der Waals surface area (Å²) >= 11 is 1.67. The molecule has 122 valence electrons. The van der Waals surface area contributed by atoms with Crippen LogP contribution in [0.1, 0.15) is 30.4 Å². The molecular weight excluding hydrogens is 316 g/mol. The molecule has 1 amide bonds. The number of carbonyl (C=O) groups excluding carboxylic acids is 1. The summed E-state index contributed by atoms with van der Waals surface area (Å²) in [4.78, 5) is 18.1. The van der Waals surface area contributed by atoms with E-state index in [4.69, 9.17) is 0 Å². The fourth-order valence-electron chi connectivity index (χ4n) is 2.71. The summed E-state index contributed by atoms with van der Waals surface area (Å²) in [6.45, 7) is 2.56. The van der Waals surface area contributed by atoms with Crippen molar-refractivity contribution in [2.75, 3.05) is 0 Å². The Bertz CT molecular complexity index is 784. The van der Waals surface area contributed by atoms with Gasteiger partial charge in [0.15, 0.2) is 0 Å². The van der Waals surface area contributed by atoms with Gasteiger partial charge in [-0.2, -0.15) is 0 Å². The molecule has 0 radical (unpaired) electrons. The van der Waals surface area contributed by atoms with E-state index in [9.17, 15) is 4.79 Å². The van der Waals surface area contributed by atoms with Crippen LogP contribution >= 0.6 is 11.3 Å². The van der Waals surface area contributed by atoms with Crippen LogP contribution in [0.25, 0.3) is 10.6 Å². The normalized spacial score (nSPS) is 11.9. The van der Waals surface area contributed by atoms with Crippen molar-refractivity contribution < 1.29 is 4.79 Å². The molecule has 0 aliphatic heterocycles. The van der Waals surface area contributed by atoms with Crippen LogP contribution in [-0.4, -0.2) is 10.9 Å². The topological polar surface area (TPSA) is 42.0 Å². The van der Waals surface area contributed by atoms with Gasteiger partial charge in [-0.3, -0.25) is 9.78 Å². The number of hydrogen-bond donors (Lipinski definition) is 1. The Morgan fingerprint density at radius 1 is 1.17 bits per heavy atom. The highest BCUT2D eigenvalue weighted by atomic mass is 32.1. The quantitative estimate of drug-likeness (QED) is 0.713. The molecule has 4 heteroatoms. The molecule has 0 fully saturated rings. The maximum Gasteiger partial charge on any atom is 0.227 e. The molecule has 3 nitrogen and oxygen atoms in total. The van der Waals surface area contributed by atoms with E-state index in [0.29, 0.717) is 6.54 Å². The lowest BCUT2D eigenvalue weighted by molar-refractivity contribution is -0.122. The predicted molar refractivity (Wildman–Crippen MR) is 98.9 cm³/mol. The number of nitrogens with zero attached hydrogens (tertiary/aromatic N) is 1. The third-order valence-electron chi connectivity index (χ3n) is 3.99. The number of nitrogens with one attached hydrogen (secondary N) is 1. The van der Waals surface area contributed by atoms with Crippen LogP contribution in [0.4, 0.5) is 0 Å². The molecule has 0 aliphatic carbocycles. The van der Waals surface area contributed by atoms with E-state index in [-0.39, 0.29) is 11.8 Å². The number of aromatic nitrogens is 1. The minimum Gasteiger partial charge on any atom is -0.351 e. The highest BCUT2D eigenvalue weighted by Gasteiger charge is 2.17. The largest absolute Gasteiger partial charge is 0.351 e. The molecule has 0 bridgehead atoms. The van der Waals surface area contributed by atoms with Crippen LogP contribution in [0.15, 0.2) is 66.2 Å². The first-order valence-corrected chi connectivity index (χ1v) is 8.97.